The van der Waals surface area contributed by atoms with Crippen LogP contribution in [0.25, 0.3) is 0 Å². The molecule has 1 saturated heterocycles. The molecule has 0 amide bonds. The molecule has 1 atom stereocenters. The summed E-state index contributed by atoms with van der Waals surface area (Å²) in [6.07, 6.45) is -0.843. The van der Waals surface area contributed by atoms with E-state index in [1.165, 1.54) is 0 Å². The molecule has 0 spiro atoms. The molecule has 1 fully saturated rings. The highest BCUT2D eigenvalue weighted by Gasteiger charge is 2.51. The molecule has 6 nitrogen and oxygen atoms in total. The molecule has 1 heterocycles. The third-order valence-electron chi connectivity index (χ3n) is 4.56. The Kier molecular flexibility index (Phi) is 5.38. The van der Waals surface area contributed by atoms with E-state index < -0.39 is 24.4 Å². The summed E-state index contributed by atoms with van der Waals surface area (Å²) >= 11 is 0. The quantitative estimate of drug-likeness (QED) is 0.561. The van der Waals surface area contributed by atoms with Gasteiger partial charge in [-0.3, -0.25) is 0 Å². The monoisotopic (exact) mass is 323 g/mol. The van der Waals surface area contributed by atoms with E-state index in [1.54, 1.807) is 0 Å². The first kappa shape index (κ1) is 18.2. The number of hydrogen-bond donors (Lipinski definition) is 4. The summed E-state index contributed by atoms with van der Waals surface area (Å²) in [6, 6.07) is 5.51. The fourth-order valence-electron chi connectivity index (χ4n) is 2.33. The molecule has 4 N–H and O–H groups in total. The molecule has 1 aliphatic heterocycles. The lowest BCUT2D eigenvalue weighted by Crippen LogP contribution is -2.41. The summed E-state index contributed by atoms with van der Waals surface area (Å²) in [7, 11) is -0.484. The predicted octanol–water partition coefficient (Wildman–Crippen LogP) is 0.243. The summed E-state index contributed by atoms with van der Waals surface area (Å²) in [5.41, 5.74) is 1.39. The smallest absolute Gasteiger partial charge is 0.399 e. The molecule has 0 bridgehead atoms. The van der Waals surface area contributed by atoms with E-state index in [0.717, 1.165) is 5.46 Å². The Morgan fingerprint density at radius 2 is 1.74 bits per heavy atom. The van der Waals surface area contributed by atoms with Gasteiger partial charge in [0.1, 0.15) is 0 Å². The van der Waals surface area contributed by atoms with Gasteiger partial charge < -0.3 is 29.9 Å². The minimum Gasteiger partial charge on any atom is -0.399 e. The number of hydrogen-bond acceptors (Lipinski definition) is 6. The van der Waals surface area contributed by atoms with E-state index >= 15 is 0 Å². The Morgan fingerprint density at radius 3 is 2.26 bits per heavy atom. The summed E-state index contributed by atoms with van der Waals surface area (Å²) in [4.78, 5) is 0. The fourth-order valence-corrected chi connectivity index (χ4v) is 2.33. The highest BCUT2D eigenvalue weighted by molar-refractivity contribution is 6.62. The second kappa shape index (κ2) is 6.79. The Labute approximate surface area is 137 Å². The van der Waals surface area contributed by atoms with Crippen molar-refractivity contribution in [1.82, 2.24) is 0 Å². The first-order valence-corrected chi connectivity index (χ1v) is 7.82. The normalized spacial score (nSPS) is 20.6. The van der Waals surface area contributed by atoms with Crippen molar-refractivity contribution in [1.29, 1.82) is 0 Å². The van der Waals surface area contributed by atoms with Crippen LogP contribution in [0.2, 0.25) is 0 Å². The van der Waals surface area contributed by atoms with Crippen molar-refractivity contribution >= 4 is 18.3 Å². The van der Waals surface area contributed by atoms with Crippen molar-refractivity contribution in [2.45, 2.75) is 51.6 Å². The number of aliphatic hydroxyl groups is 3. The van der Waals surface area contributed by atoms with E-state index in [2.05, 4.69) is 5.32 Å². The van der Waals surface area contributed by atoms with Gasteiger partial charge in [-0.25, -0.2) is 0 Å². The van der Waals surface area contributed by atoms with Crippen molar-refractivity contribution in [3.63, 3.8) is 0 Å². The van der Waals surface area contributed by atoms with Crippen molar-refractivity contribution < 1.29 is 24.6 Å². The van der Waals surface area contributed by atoms with Crippen molar-refractivity contribution in [2.24, 2.45) is 0 Å². The van der Waals surface area contributed by atoms with Crippen molar-refractivity contribution in [3.8, 4) is 0 Å². The Morgan fingerprint density at radius 1 is 1.13 bits per heavy atom. The lowest BCUT2D eigenvalue weighted by molar-refractivity contribution is 0.00578. The summed E-state index contributed by atoms with van der Waals surface area (Å²) < 4.78 is 12.0. The molecule has 0 radical (unpaired) electrons. The van der Waals surface area contributed by atoms with Gasteiger partial charge in [-0.1, -0.05) is 12.1 Å². The average Bonchev–Trinajstić information content (AvgIpc) is 2.72. The zero-order chi connectivity index (χ0) is 17.3. The number of rotatable bonds is 6. The molecule has 2 rings (SSSR count). The van der Waals surface area contributed by atoms with E-state index in [4.69, 9.17) is 14.4 Å². The van der Waals surface area contributed by atoms with E-state index in [-0.39, 0.29) is 19.8 Å². The zero-order valence-corrected chi connectivity index (χ0v) is 14.2. The average molecular weight is 323 g/mol. The molecule has 128 valence electrons. The van der Waals surface area contributed by atoms with Gasteiger partial charge in [0, 0.05) is 17.8 Å². The maximum Gasteiger partial charge on any atom is 0.494 e. The molecule has 1 aliphatic rings. The summed E-state index contributed by atoms with van der Waals surface area (Å²) in [5.74, 6) is 0. The maximum absolute atomic E-state index is 9.58. The van der Waals surface area contributed by atoms with Crippen LogP contribution in [0.5, 0.6) is 0 Å². The van der Waals surface area contributed by atoms with Crippen LogP contribution in [0.3, 0.4) is 0 Å². The molecule has 0 aliphatic carbocycles. The van der Waals surface area contributed by atoms with Crippen LogP contribution in [-0.4, -0.2) is 52.9 Å². The highest BCUT2D eigenvalue weighted by Crippen LogP contribution is 2.36. The summed E-state index contributed by atoms with van der Waals surface area (Å²) in [6.45, 7) is 7.72. The molecule has 1 aromatic carbocycles. The second-order valence-corrected chi connectivity index (χ2v) is 6.88. The van der Waals surface area contributed by atoms with Gasteiger partial charge in [-0.2, -0.15) is 0 Å². The van der Waals surface area contributed by atoms with E-state index in [9.17, 15) is 10.2 Å². The molecular weight excluding hydrogens is 297 g/mol. The lowest BCUT2D eigenvalue weighted by atomic mass is 9.78. The topological polar surface area (TPSA) is 91.2 Å². The predicted molar refractivity (Wildman–Crippen MR) is 89.7 cm³/mol. The number of aliphatic hydroxyl groups excluding tert-OH is 3. The van der Waals surface area contributed by atoms with Crippen LogP contribution in [0, 0.1) is 0 Å². The van der Waals surface area contributed by atoms with Crippen LogP contribution >= 0.6 is 0 Å². The van der Waals surface area contributed by atoms with Gasteiger partial charge in [0.25, 0.3) is 0 Å². The minimum atomic E-state index is -0.843. The van der Waals surface area contributed by atoms with Crippen LogP contribution in [0.4, 0.5) is 5.69 Å². The SMILES string of the molecule is CC1(C)OB(c2ccc(NCC(O)CO)c(CO)c2)OC1(C)C. The second-order valence-electron chi connectivity index (χ2n) is 6.88. The molecule has 0 saturated carbocycles. The summed E-state index contributed by atoms with van der Waals surface area (Å²) in [5, 5.41) is 30.9. The molecular formula is C16H26BNO5. The van der Waals surface area contributed by atoms with Gasteiger partial charge in [-0.05, 0) is 39.2 Å². The Balaban J connectivity index is 2.16. The van der Waals surface area contributed by atoms with Crippen LogP contribution in [0.1, 0.15) is 33.3 Å². The first-order valence-electron chi connectivity index (χ1n) is 7.82. The minimum absolute atomic E-state index is 0.148. The zero-order valence-electron chi connectivity index (χ0n) is 14.2. The third kappa shape index (κ3) is 3.87. The molecule has 1 unspecified atom stereocenters. The van der Waals surface area contributed by atoms with Gasteiger partial charge >= 0.3 is 7.12 Å². The standard InChI is InChI=1S/C16H26BNO5/c1-15(2)16(3,4)23-17(22-15)12-5-6-14(11(7-12)9-19)18-8-13(21)10-20/h5-7,13,18-21H,8-10H2,1-4H3. The van der Waals surface area contributed by atoms with Crippen molar-refractivity contribution in [2.75, 3.05) is 18.5 Å². The van der Waals surface area contributed by atoms with E-state index in [0.29, 0.717) is 11.3 Å². The molecule has 1 aromatic rings. The molecule has 23 heavy (non-hydrogen) atoms. The largest absolute Gasteiger partial charge is 0.494 e. The first-order chi connectivity index (χ1) is 10.7. The number of benzene rings is 1. The Hall–Kier alpha value is -1.12. The Bertz CT molecular complexity index is 533. The number of anilines is 1. The van der Waals surface area contributed by atoms with Crippen LogP contribution in [0.15, 0.2) is 18.2 Å². The van der Waals surface area contributed by atoms with Gasteiger partial charge in [0.15, 0.2) is 0 Å². The third-order valence-corrected chi connectivity index (χ3v) is 4.56. The van der Waals surface area contributed by atoms with Gasteiger partial charge in [0.2, 0.25) is 0 Å². The van der Waals surface area contributed by atoms with Gasteiger partial charge in [0.05, 0.1) is 30.5 Å². The highest BCUT2D eigenvalue weighted by atomic mass is 16.7. The molecule has 7 heteroatoms. The maximum atomic E-state index is 9.58. The lowest BCUT2D eigenvalue weighted by Gasteiger charge is -2.32. The van der Waals surface area contributed by atoms with Crippen LogP contribution < -0.4 is 10.8 Å². The fraction of sp³-hybridized carbons (Fsp3) is 0.625. The number of nitrogens with one attached hydrogen (secondary N) is 1. The van der Waals surface area contributed by atoms with Crippen molar-refractivity contribution in [3.05, 3.63) is 23.8 Å². The molecule has 0 aromatic heterocycles. The van der Waals surface area contributed by atoms with Gasteiger partial charge in [-0.15, -0.1) is 0 Å². The van der Waals surface area contributed by atoms with E-state index in [1.807, 2.05) is 45.9 Å². The van der Waals surface area contributed by atoms with Crippen LogP contribution in [-0.2, 0) is 15.9 Å².